The summed E-state index contributed by atoms with van der Waals surface area (Å²) in [7, 11) is -9.48. The van der Waals surface area contributed by atoms with Crippen LogP contribution in [0, 0.1) is 6.92 Å². The Morgan fingerprint density at radius 2 is 1.65 bits per heavy atom. The first-order chi connectivity index (χ1) is 10.5. The molecule has 0 aliphatic heterocycles. The average Bonchev–Trinajstić information content (AvgIpc) is 2.35. The van der Waals surface area contributed by atoms with Crippen LogP contribution in [0.5, 0.6) is 0 Å². The third kappa shape index (κ3) is 4.11. The molecule has 0 radical (unpaired) electrons. The second-order valence-electron chi connectivity index (χ2n) is 4.27. The zero-order chi connectivity index (χ0) is 17.4. The molecule has 0 atom stereocenters. The van der Waals surface area contributed by atoms with Crippen molar-refractivity contribution in [3.05, 3.63) is 29.3 Å². The molecule has 0 aliphatic carbocycles. The molecular weight excluding hydrogens is 372 g/mol. The summed E-state index contributed by atoms with van der Waals surface area (Å²) >= 11 is 5.57. The second kappa shape index (κ2) is 5.98. The SMILES string of the molecule is Cc1cc(Nc2ncnc(Cl)n2)c(S(=O)(=O)O)cc1S(=O)(=O)O. The Morgan fingerprint density at radius 1 is 1.04 bits per heavy atom. The summed E-state index contributed by atoms with van der Waals surface area (Å²) in [5.74, 6) is -0.131. The van der Waals surface area contributed by atoms with Gasteiger partial charge in [-0.3, -0.25) is 9.11 Å². The molecule has 0 saturated carbocycles. The quantitative estimate of drug-likeness (QED) is 0.654. The topological polar surface area (TPSA) is 159 Å². The third-order valence-corrected chi connectivity index (χ3v) is 4.69. The van der Waals surface area contributed by atoms with E-state index in [0.29, 0.717) is 6.07 Å². The molecule has 0 fully saturated rings. The third-order valence-electron chi connectivity index (χ3n) is 2.62. The van der Waals surface area contributed by atoms with Crippen molar-refractivity contribution in [3.8, 4) is 0 Å². The van der Waals surface area contributed by atoms with Gasteiger partial charge in [-0.1, -0.05) is 0 Å². The summed E-state index contributed by atoms with van der Waals surface area (Å²) in [6, 6.07) is 1.70. The number of benzene rings is 1. The van der Waals surface area contributed by atoms with Crippen molar-refractivity contribution in [2.24, 2.45) is 0 Å². The molecule has 10 nitrogen and oxygen atoms in total. The van der Waals surface area contributed by atoms with Crippen molar-refractivity contribution >= 4 is 43.5 Å². The maximum Gasteiger partial charge on any atom is 0.296 e. The number of anilines is 2. The highest BCUT2D eigenvalue weighted by Gasteiger charge is 2.23. The molecule has 1 aromatic heterocycles. The standard InChI is InChI=1S/C10H9ClN4O6S2/c1-5-2-6(14-10-13-4-12-9(11)15-10)8(23(19,20)21)3-7(5)22(16,17)18/h2-4H,1H3,(H,16,17,18)(H,19,20,21)(H,12,13,14,15). The van der Waals surface area contributed by atoms with Gasteiger partial charge < -0.3 is 5.32 Å². The number of aryl methyl sites for hydroxylation is 1. The van der Waals surface area contributed by atoms with Gasteiger partial charge >= 0.3 is 0 Å². The Kier molecular flexibility index (Phi) is 4.54. The van der Waals surface area contributed by atoms with E-state index in [0.717, 1.165) is 12.4 Å². The number of nitrogens with zero attached hydrogens (tertiary/aromatic N) is 3. The highest BCUT2D eigenvalue weighted by Crippen LogP contribution is 2.29. The van der Waals surface area contributed by atoms with Crippen molar-refractivity contribution in [3.63, 3.8) is 0 Å². The van der Waals surface area contributed by atoms with E-state index in [1.165, 1.54) is 6.92 Å². The number of nitrogens with one attached hydrogen (secondary N) is 1. The van der Waals surface area contributed by atoms with Crippen LogP contribution < -0.4 is 5.32 Å². The van der Waals surface area contributed by atoms with Crippen LogP contribution in [0.4, 0.5) is 11.6 Å². The van der Waals surface area contributed by atoms with Crippen LogP contribution in [0.2, 0.25) is 5.28 Å². The minimum atomic E-state index is -4.81. The van der Waals surface area contributed by atoms with Crippen LogP contribution in [0.25, 0.3) is 0 Å². The van der Waals surface area contributed by atoms with E-state index in [4.69, 9.17) is 16.2 Å². The lowest BCUT2D eigenvalue weighted by Crippen LogP contribution is -2.09. The van der Waals surface area contributed by atoms with Gasteiger partial charge in [0.05, 0.1) is 10.6 Å². The van der Waals surface area contributed by atoms with E-state index in [2.05, 4.69) is 20.3 Å². The molecule has 0 saturated heterocycles. The first-order valence-electron chi connectivity index (χ1n) is 5.69. The fourth-order valence-electron chi connectivity index (χ4n) is 1.72. The average molecular weight is 381 g/mol. The van der Waals surface area contributed by atoms with Crippen LogP contribution in [-0.2, 0) is 20.2 Å². The Hall–Kier alpha value is -1.86. The smallest absolute Gasteiger partial charge is 0.296 e. The molecule has 0 bridgehead atoms. The molecule has 1 aromatic carbocycles. The fraction of sp³-hybridized carbons (Fsp3) is 0.100. The molecule has 0 spiro atoms. The van der Waals surface area contributed by atoms with Crippen molar-refractivity contribution in [1.29, 1.82) is 0 Å². The molecule has 13 heteroatoms. The summed E-state index contributed by atoms with van der Waals surface area (Å²) < 4.78 is 63.8. The molecule has 0 aliphatic rings. The molecule has 3 N–H and O–H groups in total. The molecular formula is C10H9ClN4O6S2. The lowest BCUT2D eigenvalue weighted by molar-refractivity contribution is 0.481. The van der Waals surface area contributed by atoms with E-state index in [-0.39, 0.29) is 22.5 Å². The highest BCUT2D eigenvalue weighted by molar-refractivity contribution is 7.86. The summed E-state index contributed by atoms with van der Waals surface area (Å²) in [5, 5.41) is 2.31. The van der Waals surface area contributed by atoms with Crippen molar-refractivity contribution < 1.29 is 25.9 Å². The maximum absolute atomic E-state index is 11.5. The molecule has 1 heterocycles. The van der Waals surface area contributed by atoms with E-state index in [9.17, 15) is 21.4 Å². The summed E-state index contributed by atoms with van der Waals surface area (Å²) in [5.41, 5.74) is -0.179. The largest absolute Gasteiger partial charge is 0.323 e. The van der Waals surface area contributed by atoms with Gasteiger partial charge in [-0.25, -0.2) is 9.97 Å². The number of hydrogen-bond donors (Lipinski definition) is 3. The summed E-state index contributed by atoms with van der Waals surface area (Å²) in [6.45, 7) is 1.32. The van der Waals surface area contributed by atoms with Crippen LogP contribution in [-0.4, -0.2) is 40.9 Å². The van der Waals surface area contributed by atoms with Gasteiger partial charge in [0.15, 0.2) is 0 Å². The highest BCUT2D eigenvalue weighted by atomic mass is 35.5. The van der Waals surface area contributed by atoms with E-state index < -0.39 is 30.0 Å². The number of hydrogen-bond acceptors (Lipinski definition) is 8. The van der Waals surface area contributed by atoms with Gasteiger partial charge in [-0.05, 0) is 36.2 Å². The Morgan fingerprint density at radius 3 is 2.17 bits per heavy atom. The molecule has 0 unspecified atom stereocenters. The van der Waals surface area contributed by atoms with Crippen molar-refractivity contribution in [1.82, 2.24) is 15.0 Å². The fourth-order valence-corrected chi connectivity index (χ4v) is 3.30. The second-order valence-corrected chi connectivity index (χ2v) is 7.39. The lowest BCUT2D eigenvalue weighted by atomic mass is 10.2. The number of halogens is 1. The van der Waals surface area contributed by atoms with Gasteiger partial charge in [0, 0.05) is 0 Å². The van der Waals surface area contributed by atoms with Crippen LogP contribution >= 0.6 is 11.6 Å². The summed E-state index contributed by atoms with van der Waals surface area (Å²) in [4.78, 5) is 9.47. The molecule has 0 amide bonds. The Labute approximate surface area is 136 Å². The normalized spacial score (nSPS) is 12.2. The number of rotatable bonds is 4. The predicted molar refractivity (Wildman–Crippen MR) is 78.9 cm³/mol. The minimum absolute atomic E-state index is 0.0301. The molecule has 23 heavy (non-hydrogen) atoms. The van der Waals surface area contributed by atoms with Gasteiger partial charge in [0.1, 0.15) is 11.2 Å². The van der Waals surface area contributed by atoms with Gasteiger partial charge in [0.25, 0.3) is 20.2 Å². The van der Waals surface area contributed by atoms with E-state index in [1.54, 1.807) is 0 Å². The summed E-state index contributed by atoms with van der Waals surface area (Å²) in [6.07, 6.45) is 1.06. The van der Waals surface area contributed by atoms with Gasteiger partial charge in [-0.15, -0.1) is 0 Å². The van der Waals surface area contributed by atoms with Crippen LogP contribution in [0.15, 0.2) is 28.3 Å². The van der Waals surface area contributed by atoms with Gasteiger partial charge in [-0.2, -0.15) is 21.8 Å². The Balaban J connectivity index is 2.66. The zero-order valence-electron chi connectivity index (χ0n) is 11.3. The van der Waals surface area contributed by atoms with Gasteiger partial charge in [0.2, 0.25) is 11.2 Å². The first-order valence-corrected chi connectivity index (χ1v) is 8.95. The van der Waals surface area contributed by atoms with Crippen molar-refractivity contribution in [2.45, 2.75) is 16.7 Å². The molecule has 2 aromatic rings. The van der Waals surface area contributed by atoms with Crippen LogP contribution in [0.3, 0.4) is 0 Å². The zero-order valence-corrected chi connectivity index (χ0v) is 13.7. The monoisotopic (exact) mass is 380 g/mol. The van der Waals surface area contributed by atoms with Crippen molar-refractivity contribution in [2.75, 3.05) is 5.32 Å². The maximum atomic E-state index is 11.5. The molecule has 124 valence electrons. The van der Waals surface area contributed by atoms with Crippen LogP contribution in [0.1, 0.15) is 5.56 Å². The predicted octanol–water partition coefficient (Wildman–Crippen LogP) is 1.07. The number of aromatic nitrogens is 3. The van der Waals surface area contributed by atoms with E-state index >= 15 is 0 Å². The first kappa shape index (κ1) is 17.5. The minimum Gasteiger partial charge on any atom is -0.323 e. The molecule has 2 rings (SSSR count). The lowest BCUT2D eigenvalue weighted by Gasteiger charge is -2.12. The Bertz CT molecular complexity index is 977. The van der Waals surface area contributed by atoms with E-state index in [1.807, 2.05) is 0 Å².